The standard InChI is InChI=1S/C23H40N4O4/c1-18-10-19-12-22(11-18)17-23(22,13-19)31-9-8-30-7-5-27-16-20(25-26-27)14-24-15-21(29)4-2-3-6-28/h16,18-19,21,24,28-29H,2-15,17H2,1H3. The smallest absolute Gasteiger partial charge is 0.0964 e. The highest BCUT2D eigenvalue weighted by atomic mass is 16.5. The summed E-state index contributed by atoms with van der Waals surface area (Å²) in [7, 11) is 0. The number of fused-ring (bicyclic) bond motifs is 1. The molecule has 0 radical (unpaired) electrons. The van der Waals surface area contributed by atoms with Gasteiger partial charge in [0.1, 0.15) is 0 Å². The maximum absolute atomic E-state index is 9.88. The average Bonchev–Trinajstić information content (AvgIpc) is 3.00. The first-order valence-electron chi connectivity index (χ1n) is 12.1. The van der Waals surface area contributed by atoms with Gasteiger partial charge in [-0.25, -0.2) is 4.68 Å². The molecule has 0 aliphatic heterocycles. The van der Waals surface area contributed by atoms with Gasteiger partial charge < -0.3 is 25.0 Å². The zero-order valence-corrected chi connectivity index (χ0v) is 19.0. The first-order valence-corrected chi connectivity index (χ1v) is 12.1. The Morgan fingerprint density at radius 2 is 2.16 bits per heavy atom. The van der Waals surface area contributed by atoms with Crippen LogP contribution in [0, 0.1) is 17.3 Å². The second-order valence-corrected chi connectivity index (χ2v) is 10.2. The second-order valence-electron chi connectivity index (χ2n) is 10.2. The predicted molar refractivity (Wildman–Crippen MR) is 116 cm³/mol. The first kappa shape index (κ1) is 23.1. The zero-order chi connectivity index (χ0) is 21.7. The Labute approximate surface area is 185 Å². The van der Waals surface area contributed by atoms with E-state index >= 15 is 0 Å². The number of aliphatic hydroxyl groups excluding tert-OH is 2. The van der Waals surface area contributed by atoms with Gasteiger partial charge in [-0.15, -0.1) is 5.10 Å². The summed E-state index contributed by atoms with van der Waals surface area (Å²) in [4.78, 5) is 0. The van der Waals surface area contributed by atoms with Crippen molar-refractivity contribution in [2.45, 2.75) is 83.1 Å². The Kier molecular flexibility index (Phi) is 7.64. The van der Waals surface area contributed by atoms with Crippen molar-refractivity contribution in [2.75, 3.05) is 33.0 Å². The quantitative estimate of drug-likeness (QED) is 0.361. The Hall–Kier alpha value is -1.06. The van der Waals surface area contributed by atoms with Crippen molar-refractivity contribution < 1.29 is 19.7 Å². The molecule has 1 aromatic heterocycles. The van der Waals surface area contributed by atoms with E-state index in [0.29, 0.717) is 51.3 Å². The minimum atomic E-state index is -0.394. The monoisotopic (exact) mass is 436 g/mol. The van der Waals surface area contributed by atoms with Crippen LogP contribution in [0.4, 0.5) is 0 Å². The third-order valence-corrected chi connectivity index (χ3v) is 7.53. The van der Waals surface area contributed by atoms with Crippen molar-refractivity contribution >= 4 is 0 Å². The highest BCUT2D eigenvalue weighted by molar-refractivity contribution is 5.24. The molecule has 1 heterocycles. The van der Waals surface area contributed by atoms with Crippen molar-refractivity contribution in [2.24, 2.45) is 17.3 Å². The van der Waals surface area contributed by atoms with Gasteiger partial charge >= 0.3 is 0 Å². The molecule has 3 fully saturated rings. The average molecular weight is 437 g/mol. The summed E-state index contributed by atoms with van der Waals surface area (Å²) in [6.45, 7) is 6.28. The maximum Gasteiger partial charge on any atom is 0.0964 e. The van der Waals surface area contributed by atoms with E-state index < -0.39 is 6.10 Å². The van der Waals surface area contributed by atoms with E-state index in [9.17, 15) is 5.11 Å². The van der Waals surface area contributed by atoms with Crippen LogP contribution in [0.15, 0.2) is 6.20 Å². The van der Waals surface area contributed by atoms with Crippen LogP contribution in [0.25, 0.3) is 0 Å². The van der Waals surface area contributed by atoms with Gasteiger partial charge in [-0.05, 0) is 63.2 Å². The van der Waals surface area contributed by atoms with Crippen LogP contribution < -0.4 is 5.32 Å². The van der Waals surface area contributed by atoms with Crippen LogP contribution in [0.3, 0.4) is 0 Å². The molecule has 2 bridgehead atoms. The van der Waals surface area contributed by atoms with E-state index in [2.05, 4.69) is 22.6 Å². The molecule has 0 aromatic carbocycles. The molecule has 1 aromatic rings. The molecule has 5 unspecified atom stereocenters. The minimum Gasteiger partial charge on any atom is -0.396 e. The Bertz CT molecular complexity index is 701. The molecule has 5 atom stereocenters. The van der Waals surface area contributed by atoms with Crippen molar-refractivity contribution in [1.29, 1.82) is 0 Å². The number of ether oxygens (including phenoxy) is 2. The molecular weight excluding hydrogens is 396 g/mol. The Morgan fingerprint density at radius 3 is 3.03 bits per heavy atom. The van der Waals surface area contributed by atoms with Crippen LogP contribution in [0.2, 0.25) is 0 Å². The molecule has 0 amide bonds. The van der Waals surface area contributed by atoms with Gasteiger partial charge in [-0.1, -0.05) is 12.1 Å². The number of unbranched alkanes of at least 4 members (excludes halogenated alkanes) is 1. The van der Waals surface area contributed by atoms with E-state index in [0.717, 1.165) is 30.4 Å². The molecule has 31 heavy (non-hydrogen) atoms. The van der Waals surface area contributed by atoms with Crippen LogP contribution >= 0.6 is 0 Å². The highest BCUT2D eigenvalue weighted by Gasteiger charge is 2.74. The fourth-order valence-corrected chi connectivity index (χ4v) is 6.28. The van der Waals surface area contributed by atoms with Crippen molar-refractivity contribution in [3.63, 3.8) is 0 Å². The number of aromatic nitrogens is 3. The van der Waals surface area contributed by atoms with Gasteiger partial charge in [-0.2, -0.15) is 0 Å². The molecule has 3 saturated carbocycles. The van der Waals surface area contributed by atoms with Crippen LogP contribution in [0.1, 0.15) is 64.0 Å². The van der Waals surface area contributed by atoms with E-state index in [4.69, 9.17) is 14.6 Å². The van der Waals surface area contributed by atoms with Crippen LogP contribution in [-0.4, -0.2) is 69.9 Å². The lowest BCUT2D eigenvalue weighted by Crippen LogP contribution is -2.26. The maximum atomic E-state index is 9.88. The first-order chi connectivity index (χ1) is 15.0. The fourth-order valence-electron chi connectivity index (χ4n) is 6.28. The number of nitrogens with one attached hydrogen (secondary N) is 1. The number of nitrogens with zero attached hydrogens (tertiary/aromatic N) is 3. The SMILES string of the molecule is CC1CC2CC3(C1)CC3(OCCOCCn1cc(CNCC(O)CCCCO)nn1)C2. The Morgan fingerprint density at radius 1 is 1.26 bits per heavy atom. The molecule has 8 nitrogen and oxygen atoms in total. The van der Waals surface area contributed by atoms with Crippen LogP contribution in [0.5, 0.6) is 0 Å². The zero-order valence-electron chi connectivity index (χ0n) is 19.0. The van der Waals surface area contributed by atoms with E-state index in [-0.39, 0.29) is 12.2 Å². The molecular formula is C23H40N4O4. The normalized spacial score (nSPS) is 32.2. The lowest BCUT2D eigenvalue weighted by molar-refractivity contribution is -0.0260. The molecule has 3 aliphatic carbocycles. The molecule has 4 rings (SSSR count). The summed E-state index contributed by atoms with van der Waals surface area (Å²) in [5.41, 5.74) is 1.55. The lowest BCUT2D eigenvalue weighted by Gasteiger charge is -2.27. The summed E-state index contributed by atoms with van der Waals surface area (Å²) in [5.74, 6) is 1.76. The third-order valence-electron chi connectivity index (χ3n) is 7.53. The van der Waals surface area contributed by atoms with Crippen molar-refractivity contribution in [3.05, 3.63) is 11.9 Å². The molecule has 3 aliphatic rings. The van der Waals surface area contributed by atoms with Gasteiger partial charge in [0, 0.05) is 31.3 Å². The lowest BCUT2D eigenvalue weighted by atomic mass is 9.77. The number of rotatable bonds is 15. The summed E-state index contributed by atoms with van der Waals surface area (Å²) in [5, 5.41) is 30.2. The number of hydrogen-bond donors (Lipinski definition) is 3. The summed E-state index contributed by atoms with van der Waals surface area (Å²) in [6.07, 6.45) is 10.5. The summed E-state index contributed by atoms with van der Waals surface area (Å²) >= 11 is 0. The van der Waals surface area contributed by atoms with Crippen molar-refractivity contribution in [3.8, 4) is 0 Å². The minimum absolute atomic E-state index is 0.182. The van der Waals surface area contributed by atoms with Crippen LogP contribution in [-0.2, 0) is 22.6 Å². The van der Waals surface area contributed by atoms with E-state index in [1.807, 2.05) is 6.20 Å². The van der Waals surface area contributed by atoms with Gasteiger partial charge in [0.15, 0.2) is 0 Å². The summed E-state index contributed by atoms with van der Waals surface area (Å²) in [6, 6.07) is 0. The fraction of sp³-hybridized carbons (Fsp3) is 0.913. The van der Waals surface area contributed by atoms with Gasteiger partial charge in [-0.3, -0.25) is 0 Å². The van der Waals surface area contributed by atoms with E-state index in [1.165, 1.54) is 32.1 Å². The van der Waals surface area contributed by atoms with Gasteiger partial charge in [0.05, 0.1) is 43.8 Å². The molecule has 0 saturated heterocycles. The molecule has 3 N–H and O–H groups in total. The summed E-state index contributed by atoms with van der Waals surface area (Å²) < 4.78 is 13.9. The predicted octanol–water partition coefficient (Wildman–Crippen LogP) is 1.89. The van der Waals surface area contributed by atoms with Crippen molar-refractivity contribution in [1.82, 2.24) is 20.3 Å². The molecule has 176 valence electrons. The van der Waals surface area contributed by atoms with Gasteiger partial charge in [0.25, 0.3) is 0 Å². The number of aliphatic hydroxyl groups is 2. The topological polar surface area (TPSA) is 102 Å². The Balaban J connectivity index is 1.04. The number of hydrogen-bond acceptors (Lipinski definition) is 7. The molecule has 1 spiro atoms. The molecule has 8 heteroatoms. The van der Waals surface area contributed by atoms with Gasteiger partial charge in [0.2, 0.25) is 0 Å². The largest absolute Gasteiger partial charge is 0.396 e. The third kappa shape index (κ3) is 5.66. The highest BCUT2D eigenvalue weighted by Crippen LogP contribution is 2.75. The second kappa shape index (κ2) is 10.3. The van der Waals surface area contributed by atoms with E-state index in [1.54, 1.807) is 4.68 Å².